The lowest BCUT2D eigenvalue weighted by Crippen LogP contribution is -2.58. The topological polar surface area (TPSA) is 15.3 Å². The highest BCUT2D eigenvalue weighted by Crippen LogP contribution is 2.22. The van der Waals surface area contributed by atoms with Crippen molar-refractivity contribution >= 4 is 0 Å². The standard InChI is InChI=1S/C10H20N2/c1-2-9-3-5-12(6-4-9)10-7-11-8-10/h9-11H,2-8H2,1H3. The molecule has 0 aromatic heterocycles. The third-order valence-corrected chi connectivity index (χ3v) is 3.50. The zero-order valence-electron chi connectivity index (χ0n) is 8.05. The number of piperidine rings is 1. The summed E-state index contributed by atoms with van der Waals surface area (Å²) in [5, 5.41) is 3.34. The molecule has 2 nitrogen and oxygen atoms in total. The summed E-state index contributed by atoms with van der Waals surface area (Å²) in [6, 6.07) is 0.878. The van der Waals surface area contributed by atoms with E-state index in [9.17, 15) is 0 Å². The molecule has 0 atom stereocenters. The van der Waals surface area contributed by atoms with E-state index >= 15 is 0 Å². The molecule has 70 valence electrons. The van der Waals surface area contributed by atoms with Gasteiger partial charge in [0.25, 0.3) is 0 Å². The molecule has 0 aromatic rings. The molecule has 0 radical (unpaired) electrons. The summed E-state index contributed by atoms with van der Waals surface area (Å²) in [6.07, 6.45) is 4.26. The third kappa shape index (κ3) is 1.64. The third-order valence-electron chi connectivity index (χ3n) is 3.50. The first kappa shape index (κ1) is 8.52. The Labute approximate surface area is 75.3 Å². The van der Waals surface area contributed by atoms with Crippen LogP contribution in [0.2, 0.25) is 0 Å². The summed E-state index contributed by atoms with van der Waals surface area (Å²) in [7, 11) is 0. The summed E-state index contributed by atoms with van der Waals surface area (Å²) in [5.74, 6) is 1.02. The van der Waals surface area contributed by atoms with Gasteiger partial charge in [0.15, 0.2) is 0 Å². The monoisotopic (exact) mass is 168 g/mol. The molecule has 2 fully saturated rings. The van der Waals surface area contributed by atoms with Gasteiger partial charge in [-0.15, -0.1) is 0 Å². The molecule has 0 amide bonds. The van der Waals surface area contributed by atoms with E-state index in [1.807, 2.05) is 0 Å². The lowest BCUT2D eigenvalue weighted by molar-refractivity contribution is 0.0978. The number of nitrogens with zero attached hydrogens (tertiary/aromatic N) is 1. The highest BCUT2D eigenvalue weighted by molar-refractivity contribution is 4.86. The van der Waals surface area contributed by atoms with E-state index in [0.717, 1.165) is 12.0 Å². The quantitative estimate of drug-likeness (QED) is 0.664. The fourth-order valence-electron chi connectivity index (χ4n) is 2.26. The minimum absolute atomic E-state index is 0.878. The van der Waals surface area contributed by atoms with Crippen molar-refractivity contribution < 1.29 is 0 Å². The van der Waals surface area contributed by atoms with E-state index < -0.39 is 0 Å². The number of nitrogens with one attached hydrogen (secondary N) is 1. The van der Waals surface area contributed by atoms with Crippen LogP contribution in [-0.2, 0) is 0 Å². The van der Waals surface area contributed by atoms with Crippen LogP contribution in [0, 0.1) is 5.92 Å². The predicted molar refractivity (Wildman–Crippen MR) is 51.2 cm³/mol. The smallest absolute Gasteiger partial charge is 0.0345 e. The van der Waals surface area contributed by atoms with E-state index in [4.69, 9.17) is 0 Å². The first-order valence-corrected chi connectivity index (χ1v) is 5.35. The van der Waals surface area contributed by atoms with Crippen molar-refractivity contribution in [2.24, 2.45) is 5.92 Å². The fourth-order valence-corrected chi connectivity index (χ4v) is 2.26. The van der Waals surface area contributed by atoms with E-state index in [1.54, 1.807) is 0 Å². The maximum absolute atomic E-state index is 3.34. The Kier molecular flexibility index (Phi) is 2.66. The van der Waals surface area contributed by atoms with Crippen LogP contribution in [0.1, 0.15) is 26.2 Å². The molecule has 0 bridgehead atoms. The normalized spacial score (nSPS) is 28.8. The molecule has 0 unspecified atom stereocenters. The van der Waals surface area contributed by atoms with Gasteiger partial charge in [0, 0.05) is 19.1 Å². The van der Waals surface area contributed by atoms with Gasteiger partial charge in [-0.1, -0.05) is 13.3 Å². The van der Waals surface area contributed by atoms with Gasteiger partial charge >= 0.3 is 0 Å². The predicted octanol–water partition coefficient (Wildman–Crippen LogP) is 1.08. The zero-order chi connectivity index (χ0) is 8.39. The Hall–Kier alpha value is -0.0800. The average Bonchev–Trinajstić information content (AvgIpc) is 2.03. The number of likely N-dealkylation sites (tertiary alicyclic amines) is 1. The number of hydrogen-bond donors (Lipinski definition) is 1. The molecule has 2 heteroatoms. The van der Waals surface area contributed by atoms with Crippen molar-refractivity contribution in [1.82, 2.24) is 10.2 Å². The average molecular weight is 168 g/mol. The molecule has 0 aliphatic carbocycles. The van der Waals surface area contributed by atoms with Crippen LogP contribution in [0.3, 0.4) is 0 Å². The van der Waals surface area contributed by atoms with Crippen molar-refractivity contribution in [3.63, 3.8) is 0 Å². The number of rotatable bonds is 2. The molecule has 2 heterocycles. The molecule has 2 saturated heterocycles. The van der Waals surface area contributed by atoms with Crippen molar-refractivity contribution in [3.05, 3.63) is 0 Å². The summed E-state index contributed by atoms with van der Waals surface area (Å²) in [6.45, 7) is 7.49. The van der Waals surface area contributed by atoms with Gasteiger partial charge < -0.3 is 5.32 Å². The molecule has 0 aromatic carbocycles. The van der Waals surface area contributed by atoms with Gasteiger partial charge in [-0.05, 0) is 31.8 Å². The lowest BCUT2D eigenvalue weighted by Gasteiger charge is -2.42. The van der Waals surface area contributed by atoms with E-state index in [2.05, 4.69) is 17.1 Å². The molecule has 2 rings (SSSR count). The minimum Gasteiger partial charge on any atom is -0.314 e. The Morgan fingerprint density at radius 3 is 2.33 bits per heavy atom. The van der Waals surface area contributed by atoms with Crippen LogP contribution in [0.25, 0.3) is 0 Å². The zero-order valence-corrected chi connectivity index (χ0v) is 8.05. The van der Waals surface area contributed by atoms with E-state index in [1.165, 1.54) is 45.4 Å². The Morgan fingerprint density at radius 1 is 1.25 bits per heavy atom. The molecule has 1 N–H and O–H groups in total. The van der Waals surface area contributed by atoms with Gasteiger partial charge in [0.1, 0.15) is 0 Å². The summed E-state index contributed by atoms with van der Waals surface area (Å²) in [5.41, 5.74) is 0. The maximum atomic E-state index is 3.34. The molecule has 2 aliphatic rings. The van der Waals surface area contributed by atoms with Gasteiger partial charge in [0.05, 0.1) is 0 Å². The maximum Gasteiger partial charge on any atom is 0.0345 e. The van der Waals surface area contributed by atoms with Crippen LogP contribution in [0.15, 0.2) is 0 Å². The van der Waals surface area contributed by atoms with Crippen LogP contribution in [-0.4, -0.2) is 37.1 Å². The van der Waals surface area contributed by atoms with Crippen molar-refractivity contribution in [2.75, 3.05) is 26.2 Å². The van der Waals surface area contributed by atoms with E-state index in [-0.39, 0.29) is 0 Å². The SMILES string of the molecule is CCC1CCN(C2CNC2)CC1. The second kappa shape index (κ2) is 3.75. The van der Waals surface area contributed by atoms with Gasteiger partial charge in [0.2, 0.25) is 0 Å². The first-order valence-electron chi connectivity index (χ1n) is 5.35. The van der Waals surface area contributed by atoms with Crippen LogP contribution < -0.4 is 5.32 Å². The van der Waals surface area contributed by atoms with Gasteiger partial charge in [-0.2, -0.15) is 0 Å². The Bertz CT molecular complexity index is 135. The van der Waals surface area contributed by atoms with E-state index in [0.29, 0.717) is 0 Å². The van der Waals surface area contributed by atoms with Crippen molar-refractivity contribution in [3.8, 4) is 0 Å². The summed E-state index contributed by atoms with van der Waals surface area (Å²) >= 11 is 0. The second-order valence-corrected chi connectivity index (χ2v) is 4.20. The van der Waals surface area contributed by atoms with Crippen molar-refractivity contribution in [2.45, 2.75) is 32.2 Å². The van der Waals surface area contributed by atoms with Crippen LogP contribution in [0.4, 0.5) is 0 Å². The molecule has 0 spiro atoms. The molecule has 0 saturated carbocycles. The van der Waals surface area contributed by atoms with Gasteiger partial charge in [-0.3, -0.25) is 4.90 Å². The molecular weight excluding hydrogens is 148 g/mol. The minimum atomic E-state index is 0.878. The largest absolute Gasteiger partial charge is 0.314 e. The Balaban J connectivity index is 1.74. The summed E-state index contributed by atoms with van der Waals surface area (Å²) in [4.78, 5) is 2.67. The molecule has 2 aliphatic heterocycles. The van der Waals surface area contributed by atoms with Gasteiger partial charge in [-0.25, -0.2) is 0 Å². The second-order valence-electron chi connectivity index (χ2n) is 4.20. The highest BCUT2D eigenvalue weighted by Gasteiger charge is 2.27. The van der Waals surface area contributed by atoms with Crippen LogP contribution in [0.5, 0.6) is 0 Å². The summed E-state index contributed by atoms with van der Waals surface area (Å²) < 4.78 is 0. The van der Waals surface area contributed by atoms with Crippen molar-refractivity contribution in [1.29, 1.82) is 0 Å². The fraction of sp³-hybridized carbons (Fsp3) is 1.00. The molecule has 12 heavy (non-hydrogen) atoms. The molecular formula is C10H20N2. The van der Waals surface area contributed by atoms with Crippen LogP contribution >= 0.6 is 0 Å². The number of hydrogen-bond acceptors (Lipinski definition) is 2. The first-order chi connectivity index (χ1) is 5.90. The Morgan fingerprint density at radius 2 is 1.92 bits per heavy atom. The highest BCUT2D eigenvalue weighted by atomic mass is 15.2. The lowest BCUT2D eigenvalue weighted by atomic mass is 9.93.